The van der Waals surface area contributed by atoms with Gasteiger partial charge in [-0.15, -0.1) is 0 Å². The van der Waals surface area contributed by atoms with Gasteiger partial charge < -0.3 is 18.9 Å². The van der Waals surface area contributed by atoms with Crippen LogP contribution in [0.2, 0.25) is 0 Å². The van der Waals surface area contributed by atoms with Crippen LogP contribution in [0.5, 0.6) is 11.5 Å². The summed E-state index contributed by atoms with van der Waals surface area (Å²) in [5, 5.41) is 3.11. The normalized spacial score (nSPS) is 16.5. The molecule has 0 fully saturated rings. The van der Waals surface area contributed by atoms with Gasteiger partial charge in [0.25, 0.3) is 0 Å². The molecule has 1 aliphatic rings. The van der Waals surface area contributed by atoms with Gasteiger partial charge in [0.05, 0.1) is 25.2 Å². The number of nitrogens with zero attached hydrogens (tertiary/aromatic N) is 1. The number of rotatable bonds is 5. The number of ether oxygens (including phenoxy) is 4. The van der Waals surface area contributed by atoms with Crippen molar-refractivity contribution in [2.24, 2.45) is 0 Å². The molecule has 0 saturated carbocycles. The minimum atomic E-state index is -0.921. The van der Waals surface area contributed by atoms with E-state index in [0.29, 0.717) is 11.5 Å². The molecule has 0 aromatic heterocycles. The smallest absolute Gasteiger partial charge is 0.432 e. The number of hydrogen-bond donors (Lipinski definition) is 1. The zero-order valence-electron chi connectivity index (χ0n) is 20.5. The van der Waals surface area contributed by atoms with E-state index in [0.717, 1.165) is 26.9 Å². The van der Waals surface area contributed by atoms with Gasteiger partial charge in [-0.3, -0.25) is 0 Å². The Labute approximate surface area is 204 Å². The summed E-state index contributed by atoms with van der Waals surface area (Å²) < 4.78 is 22.4. The summed E-state index contributed by atoms with van der Waals surface area (Å²) in [6.07, 6.45) is -3.23. The SMILES string of the molecule is COc1ccc([C@H]2c3c(ccc4ccccc34)O[C@@H]2N(NC(=O)OC(C)C)C(=O)OC(C)C)cc1. The minimum Gasteiger partial charge on any atom is -0.497 e. The number of methoxy groups -OCH3 is 1. The first-order chi connectivity index (χ1) is 16.8. The monoisotopic (exact) mass is 478 g/mol. The van der Waals surface area contributed by atoms with Crippen LogP contribution < -0.4 is 14.9 Å². The van der Waals surface area contributed by atoms with Gasteiger partial charge in [-0.25, -0.2) is 15.0 Å². The maximum absolute atomic E-state index is 13.2. The summed E-state index contributed by atoms with van der Waals surface area (Å²) in [7, 11) is 1.60. The van der Waals surface area contributed by atoms with E-state index in [2.05, 4.69) is 5.43 Å². The van der Waals surface area contributed by atoms with Crippen molar-refractivity contribution < 1.29 is 28.5 Å². The Morgan fingerprint density at radius 2 is 1.60 bits per heavy atom. The highest BCUT2D eigenvalue weighted by Crippen LogP contribution is 2.47. The molecule has 8 heteroatoms. The number of hydrazine groups is 1. The Bertz CT molecular complexity index is 1210. The predicted octanol–water partition coefficient (Wildman–Crippen LogP) is 5.60. The van der Waals surface area contributed by atoms with E-state index < -0.39 is 30.4 Å². The molecule has 0 saturated heterocycles. The van der Waals surface area contributed by atoms with E-state index in [1.54, 1.807) is 34.8 Å². The standard InChI is InChI=1S/C27H30N2O6/c1-16(2)33-26(30)28-29(27(31)34-17(3)4)25-23(19-10-13-20(32-5)14-11-19)24-21-9-7-6-8-18(21)12-15-22(24)35-25/h6-17,23,25H,1-5H3,(H,28,30)/t23-,25-/m0/s1. The fraction of sp³-hybridized carbons (Fsp3) is 0.333. The van der Waals surface area contributed by atoms with E-state index in [1.165, 1.54) is 0 Å². The maximum atomic E-state index is 13.2. The number of carbonyl (C=O) groups excluding carboxylic acids is 2. The molecule has 0 spiro atoms. The second kappa shape index (κ2) is 10.1. The van der Waals surface area contributed by atoms with Crippen LogP contribution in [-0.4, -0.2) is 42.7 Å². The summed E-state index contributed by atoms with van der Waals surface area (Å²) in [4.78, 5) is 25.8. The lowest BCUT2D eigenvalue weighted by atomic mass is 9.87. The molecule has 0 radical (unpaired) electrons. The van der Waals surface area contributed by atoms with Crippen LogP contribution in [0, 0.1) is 0 Å². The second-order valence-electron chi connectivity index (χ2n) is 8.83. The Kier molecular flexibility index (Phi) is 7.00. The van der Waals surface area contributed by atoms with Crippen molar-refractivity contribution >= 4 is 23.0 Å². The molecule has 2 amide bonds. The Morgan fingerprint density at radius 3 is 2.26 bits per heavy atom. The number of fused-ring (bicyclic) bond motifs is 3. The zero-order valence-corrected chi connectivity index (χ0v) is 20.5. The van der Waals surface area contributed by atoms with Crippen molar-refractivity contribution in [3.8, 4) is 11.5 Å². The van der Waals surface area contributed by atoms with Gasteiger partial charge in [-0.1, -0.05) is 42.5 Å². The molecule has 1 aliphatic heterocycles. The van der Waals surface area contributed by atoms with E-state index in [4.69, 9.17) is 18.9 Å². The van der Waals surface area contributed by atoms with Crippen molar-refractivity contribution in [3.05, 3.63) is 71.8 Å². The maximum Gasteiger partial charge on any atom is 0.432 e. The van der Waals surface area contributed by atoms with Gasteiger partial charge >= 0.3 is 12.2 Å². The molecule has 1 N–H and O–H groups in total. The molecule has 4 rings (SSSR count). The number of benzene rings is 3. The molecule has 0 unspecified atom stereocenters. The summed E-state index contributed by atoms with van der Waals surface area (Å²) in [5.74, 6) is 0.897. The third-order valence-corrected chi connectivity index (χ3v) is 5.59. The summed E-state index contributed by atoms with van der Waals surface area (Å²) in [6, 6.07) is 19.4. The van der Waals surface area contributed by atoms with Gasteiger partial charge in [-0.2, -0.15) is 5.01 Å². The fourth-order valence-electron chi connectivity index (χ4n) is 4.19. The Hall–Kier alpha value is -3.94. The molecule has 1 heterocycles. The van der Waals surface area contributed by atoms with Crippen LogP contribution in [0.15, 0.2) is 60.7 Å². The molecular weight excluding hydrogens is 448 g/mol. The molecule has 0 bridgehead atoms. The Balaban J connectivity index is 1.83. The number of amides is 2. The van der Waals surface area contributed by atoms with E-state index in [1.807, 2.05) is 60.7 Å². The highest BCUT2D eigenvalue weighted by Gasteiger charge is 2.44. The molecule has 2 atom stereocenters. The highest BCUT2D eigenvalue weighted by atomic mass is 16.6. The van der Waals surface area contributed by atoms with Gasteiger partial charge in [0.2, 0.25) is 6.23 Å². The summed E-state index contributed by atoms with van der Waals surface area (Å²) in [5.41, 5.74) is 4.35. The lowest BCUT2D eigenvalue weighted by Gasteiger charge is -2.32. The average Bonchev–Trinajstić information content (AvgIpc) is 3.21. The van der Waals surface area contributed by atoms with Crippen LogP contribution in [0.3, 0.4) is 0 Å². The zero-order chi connectivity index (χ0) is 25.1. The molecule has 0 aliphatic carbocycles. The molecular formula is C27H30N2O6. The van der Waals surface area contributed by atoms with Gasteiger partial charge in [-0.05, 0) is 62.2 Å². The quantitative estimate of drug-likeness (QED) is 0.481. The van der Waals surface area contributed by atoms with Crippen molar-refractivity contribution in [2.75, 3.05) is 7.11 Å². The molecule has 35 heavy (non-hydrogen) atoms. The van der Waals surface area contributed by atoms with Gasteiger partial charge in [0, 0.05) is 5.56 Å². The Morgan fingerprint density at radius 1 is 0.914 bits per heavy atom. The highest BCUT2D eigenvalue weighted by molar-refractivity contribution is 5.89. The lowest BCUT2D eigenvalue weighted by molar-refractivity contribution is -0.0212. The third kappa shape index (κ3) is 5.11. The number of nitrogens with one attached hydrogen (secondary N) is 1. The first-order valence-electron chi connectivity index (χ1n) is 11.6. The van der Waals surface area contributed by atoms with Crippen LogP contribution in [0.4, 0.5) is 9.59 Å². The minimum absolute atomic E-state index is 0.374. The predicted molar refractivity (Wildman–Crippen MR) is 131 cm³/mol. The third-order valence-electron chi connectivity index (χ3n) is 5.59. The largest absolute Gasteiger partial charge is 0.497 e. The number of carbonyl (C=O) groups is 2. The van der Waals surface area contributed by atoms with Crippen LogP contribution in [-0.2, 0) is 9.47 Å². The van der Waals surface area contributed by atoms with Crippen molar-refractivity contribution in [3.63, 3.8) is 0 Å². The van der Waals surface area contributed by atoms with Gasteiger partial charge in [0.1, 0.15) is 11.5 Å². The summed E-state index contributed by atoms with van der Waals surface area (Å²) >= 11 is 0. The lowest BCUT2D eigenvalue weighted by Crippen LogP contribution is -2.55. The molecule has 184 valence electrons. The molecule has 8 nitrogen and oxygen atoms in total. The van der Waals surface area contributed by atoms with E-state index in [-0.39, 0.29) is 6.10 Å². The molecule has 3 aromatic carbocycles. The average molecular weight is 479 g/mol. The first kappa shape index (κ1) is 24.2. The number of hydrogen-bond acceptors (Lipinski definition) is 6. The first-order valence-corrected chi connectivity index (χ1v) is 11.6. The van der Waals surface area contributed by atoms with Crippen LogP contribution in [0.1, 0.15) is 44.7 Å². The van der Waals surface area contributed by atoms with Crippen molar-refractivity contribution in [2.45, 2.75) is 52.0 Å². The van der Waals surface area contributed by atoms with Crippen LogP contribution in [0.25, 0.3) is 10.8 Å². The van der Waals surface area contributed by atoms with Crippen molar-refractivity contribution in [1.82, 2.24) is 10.4 Å². The van der Waals surface area contributed by atoms with Crippen LogP contribution >= 0.6 is 0 Å². The topological polar surface area (TPSA) is 86.3 Å². The van der Waals surface area contributed by atoms with Crippen molar-refractivity contribution in [1.29, 1.82) is 0 Å². The van der Waals surface area contributed by atoms with Gasteiger partial charge in [0.15, 0.2) is 0 Å². The second-order valence-corrected chi connectivity index (χ2v) is 8.83. The molecule has 3 aromatic rings. The van der Waals surface area contributed by atoms with E-state index in [9.17, 15) is 9.59 Å². The fourth-order valence-corrected chi connectivity index (χ4v) is 4.19. The van der Waals surface area contributed by atoms with E-state index >= 15 is 0 Å². The summed E-state index contributed by atoms with van der Waals surface area (Å²) in [6.45, 7) is 6.93.